The zero-order chi connectivity index (χ0) is 17.8. The Morgan fingerprint density at radius 1 is 1.15 bits per heavy atom. The van der Waals surface area contributed by atoms with Crippen molar-refractivity contribution >= 4 is 22.5 Å². The fourth-order valence-electron chi connectivity index (χ4n) is 3.55. The molecule has 0 bridgehead atoms. The summed E-state index contributed by atoms with van der Waals surface area (Å²) in [5.41, 5.74) is 3.62. The molecule has 1 aromatic heterocycles. The fourth-order valence-corrected chi connectivity index (χ4v) is 3.55. The molecule has 1 aliphatic rings. The zero-order valence-electron chi connectivity index (χ0n) is 15.1. The summed E-state index contributed by atoms with van der Waals surface area (Å²) < 4.78 is 0. The van der Waals surface area contributed by atoms with Crippen molar-refractivity contribution in [1.82, 2.24) is 15.6 Å². The van der Waals surface area contributed by atoms with E-state index in [0.29, 0.717) is 6.04 Å². The van der Waals surface area contributed by atoms with Gasteiger partial charge in [-0.3, -0.25) is 4.99 Å². The first-order valence-electron chi connectivity index (χ1n) is 9.15. The number of anilines is 1. The maximum Gasteiger partial charge on any atom is 0.191 e. The van der Waals surface area contributed by atoms with Gasteiger partial charge in [-0.15, -0.1) is 0 Å². The number of aromatic amines is 1. The second-order valence-corrected chi connectivity index (χ2v) is 6.72. The van der Waals surface area contributed by atoms with Gasteiger partial charge in [0.25, 0.3) is 0 Å². The van der Waals surface area contributed by atoms with Gasteiger partial charge in [0.1, 0.15) is 0 Å². The number of para-hydroxylation sites is 2. The zero-order valence-corrected chi connectivity index (χ0v) is 15.1. The lowest BCUT2D eigenvalue weighted by molar-refractivity contribution is 0.647. The molecular weight excluding hydrogens is 322 g/mol. The maximum absolute atomic E-state index is 4.38. The fraction of sp³-hybridized carbons (Fsp3) is 0.286. The number of hydrogen-bond donors (Lipinski definition) is 3. The van der Waals surface area contributed by atoms with Crippen LogP contribution in [0.1, 0.15) is 12.1 Å². The van der Waals surface area contributed by atoms with Crippen molar-refractivity contribution in [2.75, 3.05) is 25.0 Å². The van der Waals surface area contributed by atoms with Crippen LogP contribution in [-0.2, 0) is 6.54 Å². The third-order valence-corrected chi connectivity index (χ3v) is 4.91. The van der Waals surface area contributed by atoms with Crippen molar-refractivity contribution in [3.8, 4) is 0 Å². The topological polar surface area (TPSA) is 55.5 Å². The number of hydrogen-bond acceptors (Lipinski definition) is 2. The van der Waals surface area contributed by atoms with Gasteiger partial charge in [-0.2, -0.15) is 0 Å². The molecule has 0 saturated carbocycles. The van der Waals surface area contributed by atoms with Crippen molar-refractivity contribution < 1.29 is 0 Å². The van der Waals surface area contributed by atoms with Gasteiger partial charge in [0.2, 0.25) is 0 Å². The highest BCUT2D eigenvalue weighted by Gasteiger charge is 2.23. The molecule has 5 heteroatoms. The highest BCUT2D eigenvalue weighted by molar-refractivity contribution is 5.82. The van der Waals surface area contributed by atoms with E-state index in [0.717, 1.165) is 37.7 Å². The van der Waals surface area contributed by atoms with E-state index in [1.165, 1.54) is 16.6 Å². The second-order valence-electron chi connectivity index (χ2n) is 6.72. The number of aliphatic imine (C=N–C) groups is 1. The van der Waals surface area contributed by atoms with E-state index in [1.54, 1.807) is 0 Å². The lowest BCUT2D eigenvalue weighted by Gasteiger charge is -2.20. The first kappa shape index (κ1) is 16.5. The summed E-state index contributed by atoms with van der Waals surface area (Å²) in [7, 11) is 1.82. The Hall–Kier alpha value is -2.95. The first-order chi connectivity index (χ1) is 12.8. The maximum atomic E-state index is 4.38. The van der Waals surface area contributed by atoms with Gasteiger partial charge < -0.3 is 20.5 Å². The van der Waals surface area contributed by atoms with Crippen molar-refractivity contribution in [2.45, 2.75) is 19.0 Å². The van der Waals surface area contributed by atoms with E-state index in [1.807, 2.05) is 7.05 Å². The summed E-state index contributed by atoms with van der Waals surface area (Å²) in [5, 5.41) is 8.21. The molecule has 0 spiro atoms. The van der Waals surface area contributed by atoms with Crippen molar-refractivity contribution in [2.24, 2.45) is 4.99 Å². The van der Waals surface area contributed by atoms with E-state index in [4.69, 9.17) is 0 Å². The lowest BCUT2D eigenvalue weighted by atomic mass is 10.2. The monoisotopic (exact) mass is 347 g/mol. The summed E-state index contributed by atoms with van der Waals surface area (Å²) in [5.74, 6) is 0.851. The number of fused-ring (bicyclic) bond motifs is 1. The molecule has 26 heavy (non-hydrogen) atoms. The molecule has 3 aromatic rings. The molecule has 1 unspecified atom stereocenters. The highest BCUT2D eigenvalue weighted by atomic mass is 15.2. The predicted octanol–water partition coefficient (Wildman–Crippen LogP) is 3.11. The van der Waals surface area contributed by atoms with Crippen molar-refractivity contribution in [3.63, 3.8) is 0 Å². The van der Waals surface area contributed by atoms with Crippen LogP contribution < -0.4 is 15.5 Å². The van der Waals surface area contributed by atoms with Crippen molar-refractivity contribution in [1.29, 1.82) is 0 Å². The summed E-state index contributed by atoms with van der Waals surface area (Å²) in [6.07, 6.45) is 1.11. The summed E-state index contributed by atoms with van der Waals surface area (Å²) >= 11 is 0. The first-order valence-corrected chi connectivity index (χ1v) is 9.15. The number of aromatic nitrogens is 1. The van der Waals surface area contributed by atoms with Crippen LogP contribution in [0.2, 0.25) is 0 Å². The number of guanidine groups is 1. The SMILES string of the molecule is CN=C(NCc1cc2ccccc2[nH]1)NC1CCN(c2ccccc2)C1. The normalized spacial score (nSPS) is 17.7. The Morgan fingerprint density at radius 3 is 2.77 bits per heavy atom. The van der Waals surface area contributed by atoms with Crippen LogP contribution in [0.3, 0.4) is 0 Å². The van der Waals surface area contributed by atoms with Crippen LogP contribution in [0, 0.1) is 0 Å². The molecule has 0 radical (unpaired) electrons. The number of nitrogens with zero attached hydrogens (tertiary/aromatic N) is 2. The molecule has 1 aliphatic heterocycles. The van der Waals surface area contributed by atoms with Gasteiger partial charge in [0.05, 0.1) is 6.54 Å². The summed E-state index contributed by atoms with van der Waals surface area (Å²) in [6.45, 7) is 2.79. The average molecular weight is 347 g/mol. The van der Waals surface area contributed by atoms with Gasteiger partial charge in [-0.1, -0.05) is 36.4 Å². The smallest absolute Gasteiger partial charge is 0.191 e. The summed E-state index contributed by atoms with van der Waals surface area (Å²) in [6, 6.07) is 21.5. The van der Waals surface area contributed by atoms with Crippen LogP contribution in [-0.4, -0.2) is 37.1 Å². The van der Waals surface area contributed by atoms with E-state index < -0.39 is 0 Å². The Morgan fingerprint density at radius 2 is 1.96 bits per heavy atom. The molecular formula is C21H25N5. The van der Waals surface area contributed by atoms with Crippen LogP contribution in [0.5, 0.6) is 0 Å². The second kappa shape index (κ2) is 7.52. The van der Waals surface area contributed by atoms with Gasteiger partial charge in [0.15, 0.2) is 5.96 Å². The third-order valence-electron chi connectivity index (χ3n) is 4.91. The standard InChI is InChI=1S/C21H25N5/c1-22-21(23-14-18-13-16-7-5-6-10-20(16)24-18)25-17-11-12-26(15-17)19-8-3-2-4-9-19/h2-10,13,17,24H,11-12,14-15H2,1H3,(H2,22,23,25). The number of benzene rings is 2. The lowest BCUT2D eigenvalue weighted by Crippen LogP contribution is -2.44. The molecule has 2 aromatic carbocycles. The Labute approximate surface area is 154 Å². The molecule has 0 amide bonds. The molecule has 3 N–H and O–H groups in total. The minimum absolute atomic E-state index is 0.407. The van der Waals surface area contributed by atoms with Gasteiger partial charge in [-0.25, -0.2) is 0 Å². The van der Waals surface area contributed by atoms with Gasteiger partial charge >= 0.3 is 0 Å². The minimum atomic E-state index is 0.407. The molecule has 1 fully saturated rings. The number of H-pyrrole nitrogens is 1. The molecule has 1 atom stereocenters. The Bertz CT molecular complexity index is 851. The molecule has 1 saturated heterocycles. The molecule has 0 aliphatic carbocycles. The quantitative estimate of drug-likeness (QED) is 0.502. The largest absolute Gasteiger partial charge is 0.369 e. The number of nitrogens with one attached hydrogen (secondary N) is 3. The predicted molar refractivity (Wildman–Crippen MR) is 109 cm³/mol. The van der Waals surface area contributed by atoms with Crippen LogP contribution in [0.15, 0.2) is 65.7 Å². The third kappa shape index (κ3) is 3.67. The van der Waals surface area contributed by atoms with E-state index in [2.05, 4.69) is 86.2 Å². The van der Waals surface area contributed by atoms with E-state index in [9.17, 15) is 0 Å². The molecule has 134 valence electrons. The number of rotatable bonds is 4. The molecule has 4 rings (SSSR count). The molecule has 5 nitrogen and oxygen atoms in total. The van der Waals surface area contributed by atoms with E-state index in [-0.39, 0.29) is 0 Å². The van der Waals surface area contributed by atoms with Crippen LogP contribution in [0.25, 0.3) is 10.9 Å². The van der Waals surface area contributed by atoms with Crippen molar-refractivity contribution in [3.05, 3.63) is 66.4 Å². The van der Waals surface area contributed by atoms with Crippen LogP contribution >= 0.6 is 0 Å². The average Bonchev–Trinajstić information content (AvgIpc) is 3.32. The minimum Gasteiger partial charge on any atom is -0.369 e. The highest BCUT2D eigenvalue weighted by Crippen LogP contribution is 2.19. The van der Waals surface area contributed by atoms with Gasteiger partial charge in [0, 0.05) is 43.1 Å². The van der Waals surface area contributed by atoms with Gasteiger partial charge in [-0.05, 0) is 36.1 Å². The molecule has 2 heterocycles. The van der Waals surface area contributed by atoms with Crippen LogP contribution in [0.4, 0.5) is 5.69 Å². The Kier molecular flexibility index (Phi) is 4.78. The Balaban J connectivity index is 1.32. The van der Waals surface area contributed by atoms with E-state index >= 15 is 0 Å². The summed E-state index contributed by atoms with van der Waals surface area (Å²) in [4.78, 5) is 10.2.